The van der Waals surface area contributed by atoms with Gasteiger partial charge in [0.25, 0.3) is 0 Å². The summed E-state index contributed by atoms with van der Waals surface area (Å²) >= 11 is 10.6. The molecule has 0 rings (SSSR count). The van der Waals surface area contributed by atoms with E-state index in [1.165, 1.54) is 0 Å². The number of hydrogen-bond donors (Lipinski definition) is 1. The van der Waals surface area contributed by atoms with Crippen LogP contribution < -0.4 is 0 Å². The first-order valence-corrected chi connectivity index (χ1v) is 6.43. The molecule has 0 aromatic carbocycles. The second-order valence-electron chi connectivity index (χ2n) is 2.13. The molecule has 0 spiro atoms. The summed E-state index contributed by atoms with van der Waals surface area (Å²) in [5.41, 5.74) is 0. The summed E-state index contributed by atoms with van der Waals surface area (Å²) in [5.74, 6) is -1.63. The number of halogens is 2. The van der Waals surface area contributed by atoms with Gasteiger partial charge < -0.3 is 14.2 Å². The lowest BCUT2D eigenvalue weighted by Crippen LogP contribution is -2.15. The van der Waals surface area contributed by atoms with E-state index in [0.717, 1.165) is 0 Å². The molecule has 0 saturated heterocycles. The molecule has 0 aliphatic rings. The van der Waals surface area contributed by atoms with Crippen molar-refractivity contribution in [2.24, 2.45) is 0 Å². The van der Waals surface area contributed by atoms with Crippen molar-refractivity contribution in [3.8, 4) is 0 Å². The van der Waals surface area contributed by atoms with Gasteiger partial charge in [0, 0.05) is 11.8 Å². The quantitative estimate of drug-likeness (QED) is 0.405. The first-order valence-electron chi connectivity index (χ1n) is 3.75. The minimum Gasteiger partial charge on any atom is -0.374 e. The van der Waals surface area contributed by atoms with Gasteiger partial charge in [-0.1, -0.05) is 0 Å². The number of carbonyl (C=O) groups excluding carboxylic acids is 1. The van der Waals surface area contributed by atoms with Gasteiger partial charge in [-0.25, -0.2) is 0 Å². The summed E-state index contributed by atoms with van der Waals surface area (Å²) in [7, 11) is -3.82. The molecular weight excluding hydrogens is 254 g/mol. The number of rotatable bonds is 8. The zero-order valence-electron chi connectivity index (χ0n) is 7.27. The minimum atomic E-state index is -3.82. The van der Waals surface area contributed by atoms with E-state index in [1.807, 2.05) is 0 Å². The van der Waals surface area contributed by atoms with E-state index >= 15 is 0 Å². The monoisotopic (exact) mass is 264 g/mol. The van der Waals surface area contributed by atoms with Crippen molar-refractivity contribution in [3.63, 3.8) is 0 Å². The number of aldehydes is 1. The van der Waals surface area contributed by atoms with Gasteiger partial charge in [-0.15, -0.1) is 23.2 Å². The molecule has 0 aromatic heterocycles. The maximum absolute atomic E-state index is 11.6. The molecule has 0 aliphatic carbocycles. The second-order valence-corrected chi connectivity index (χ2v) is 5.02. The van der Waals surface area contributed by atoms with Gasteiger partial charge in [-0.2, -0.15) is 0 Å². The van der Waals surface area contributed by atoms with Crippen LogP contribution in [0.25, 0.3) is 0 Å². The summed E-state index contributed by atoms with van der Waals surface area (Å²) in [5, 5.41) is 9.06. The molecule has 0 fully saturated rings. The van der Waals surface area contributed by atoms with Gasteiger partial charge in [-0.05, 0) is 0 Å². The Labute approximate surface area is 91.8 Å². The van der Waals surface area contributed by atoms with E-state index in [2.05, 4.69) is 0 Å². The van der Waals surface area contributed by atoms with E-state index in [1.54, 1.807) is 0 Å². The Morgan fingerprint density at radius 2 is 1.71 bits per heavy atom. The van der Waals surface area contributed by atoms with Gasteiger partial charge in [0.2, 0.25) is 5.85 Å². The maximum atomic E-state index is 11.6. The van der Waals surface area contributed by atoms with Gasteiger partial charge in [-0.3, -0.25) is 9.36 Å². The molecule has 0 aliphatic heterocycles. The average Bonchev–Trinajstić information content (AvgIpc) is 2.22. The maximum Gasteiger partial charge on any atom is 0.366 e. The molecule has 8 heteroatoms. The van der Waals surface area contributed by atoms with E-state index in [4.69, 9.17) is 37.4 Å². The van der Waals surface area contributed by atoms with E-state index in [0.29, 0.717) is 0 Å². The van der Waals surface area contributed by atoms with Gasteiger partial charge in [0.1, 0.15) is 0 Å². The van der Waals surface area contributed by atoms with Crippen LogP contribution in [0.1, 0.15) is 0 Å². The molecule has 0 amide bonds. The molecular formula is C6H11Cl2O5P. The van der Waals surface area contributed by atoms with Crippen molar-refractivity contribution >= 4 is 37.1 Å². The largest absolute Gasteiger partial charge is 0.374 e. The molecule has 1 unspecified atom stereocenters. The Morgan fingerprint density at radius 1 is 1.29 bits per heavy atom. The molecule has 1 N–H and O–H groups in total. The van der Waals surface area contributed by atoms with E-state index in [-0.39, 0.29) is 31.3 Å². The first-order chi connectivity index (χ1) is 6.60. The van der Waals surface area contributed by atoms with Crippen LogP contribution >= 0.6 is 30.8 Å². The Hall–Kier alpha value is 0.360. The molecule has 1 atom stereocenters. The zero-order valence-corrected chi connectivity index (χ0v) is 9.67. The molecule has 0 radical (unpaired) electrons. The SMILES string of the molecule is O=CC(O)P(=O)(OCCCl)OCCCl. The van der Waals surface area contributed by atoms with Crippen LogP contribution in [0.4, 0.5) is 0 Å². The molecule has 0 heterocycles. The highest BCUT2D eigenvalue weighted by Gasteiger charge is 2.34. The smallest absolute Gasteiger partial charge is 0.366 e. The predicted octanol–water partition coefficient (Wildman–Crippen LogP) is 1.21. The van der Waals surface area contributed by atoms with Crippen molar-refractivity contribution in [2.45, 2.75) is 5.85 Å². The fourth-order valence-electron chi connectivity index (χ4n) is 0.588. The molecule has 0 aromatic rings. The minimum absolute atomic E-state index is 0.0774. The highest BCUT2D eigenvalue weighted by Crippen LogP contribution is 2.51. The van der Waals surface area contributed by atoms with Crippen molar-refractivity contribution in [2.75, 3.05) is 25.0 Å². The summed E-state index contributed by atoms with van der Waals surface area (Å²) in [4.78, 5) is 10.2. The topological polar surface area (TPSA) is 72.8 Å². The third kappa shape index (κ3) is 4.73. The van der Waals surface area contributed by atoms with Crippen LogP contribution in [-0.2, 0) is 18.4 Å². The Balaban J connectivity index is 4.32. The number of aliphatic hydroxyl groups is 1. The zero-order chi connectivity index (χ0) is 11.0. The third-order valence-electron chi connectivity index (χ3n) is 1.14. The number of aliphatic hydroxyl groups excluding tert-OH is 1. The van der Waals surface area contributed by atoms with Gasteiger partial charge in [0.05, 0.1) is 13.2 Å². The van der Waals surface area contributed by atoms with Crippen LogP contribution in [0.2, 0.25) is 0 Å². The number of carbonyl (C=O) groups is 1. The molecule has 0 bridgehead atoms. The Morgan fingerprint density at radius 3 is 2.00 bits per heavy atom. The lowest BCUT2D eigenvalue weighted by Gasteiger charge is -2.18. The standard InChI is InChI=1S/C6H11Cl2O5P/c7-1-3-12-14(11,6(10)5-9)13-4-2-8/h5-6,10H,1-4H2. The highest BCUT2D eigenvalue weighted by molar-refractivity contribution is 7.55. The summed E-state index contributed by atoms with van der Waals surface area (Å²) in [6, 6.07) is 0. The summed E-state index contributed by atoms with van der Waals surface area (Å²) < 4.78 is 21.0. The Kier molecular flexibility index (Phi) is 7.82. The van der Waals surface area contributed by atoms with Gasteiger partial charge in [0.15, 0.2) is 6.29 Å². The Bertz CT molecular complexity index is 200. The van der Waals surface area contributed by atoms with Crippen molar-refractivity contribution in [1.82, 2.24) is 0 Å². The van der Waals surface area contributed by atoms with Crippen molar-refractivity contribution in [3.05, 3.63) is 0 Å². The van der Waals surface area contributed by atoms with Crippen LogP contribution in [0.3, 0.4) is 0 Å². The van der Waals surface area contributed by atoms with E-state index in [9.17, 15) is 9.36 Å². The number of hydrogen-bond acceptors (Lipinski definition) is 5. The van der Waals surface area contributed by atoms with Crippen LogP contribution in [0.15, 0.2) is 0 Å². The first kappa shape index (κ1) is 14.4. The fraction of sp³-hybridized carbons (Fsp3) is 0.833. The normalized spacial score (nSPS) is 13.9. The molecule has 14 heavy (non-hydrogen) atoms. The highest BCUT2D eigenvalue weighted by atomic mass is 35.5. The lowest BCUT2D eigenvalue weighted by molar-refractivity contribution is -0.112. The lowest BCUT2D eigenvalue weighted by atomic mass is 10.8. The predicted molar refractivity (Wildman–Crippen MR) is 53.0 cm³/mol. The second kappa shape index (κ2) is 7.63. The molecule has 0 saturated carbocycles. The fourth-order valence-corrected chi connectivity index (χ4v) is 2.18. The third-order valence-corrected chi connectivity index (χ3v) is 3.31. The molecule has 5 nitrogen and oxygen atoms in total. The average molecular weight is 265 g/mol. The van der Waals surface area contributed by atoms with Crippen LogP contribution in [-0.4, -0.2) is 42.2 Å². The van der Waals surface area contributed by atoms with Crippen LogP contribution in [0.5, 0.6) is 0 Å². The summed E-state index contributed by atoms with van der Waals surface area (Å²) in [6.07, 6.45) is 0.0865. The van der Waals surface area contributed by atoms with E-state index < -0.39 is 13.4 Å². The van der Waals surface area contributed by atoms with Crippen molar-refractivity contribution < 1.29 is 23.5 Å². The summed E-state index contributed by atoms with van der Waals surface area (Å²) in [6.45, 7) is -0.155. The molecule has 84 valence electrons. The van der Waals surface area contributed by atoms with Crippen molar-refractivity contribution in [1.29, 1.82) is 0 Å². The number of alkyl halides is 2. The van der Waals surface area contributed by atoms with Crippen LogP contribution in [0, 0.1) is 0 Å². The van der Waals surface area contributed by atoms with Gasteiger partial charge >= 0.3 is 7.60 Å².